The molecule has 0 aliphatic heterocycles. The van der Waals surface area contributed by atoms with Crippen LogP contribution in [0.4, 0.5) is 10.8 Å². The molecule has 0 spiro atoms. The average Bonchev–Trinajstić information content (AvgIpc) is 3.33. The van der Waals surface area contributed by atoms with E-state index in [2.05, 4.69) is 15.0 Å². The fourth-order valence-corrected chi connectivity index (χ4v) is 5.04. The molecule has 0 saturated heterocycles. The van der Waals surface area contributed by atoms with Gasteiger partial charge in [-0.15, -0.1) is 11.3 Å². The Morgan fingerprint density at radius 3 is 2.34 bits per heavy atom. The van der Waals surface area contributed by atoms with E-state index in [4.69, 9.17) is 9.47 Å². The van der Waals surface area contributed by atoms with Gasteiger partial charge in [-0.05, 0) is 67.6 Å². The van der Waals surface area contributed by atoms with E-state index < -0.39 is 15.9 Å². The molecule has 35 heavy (non-hydrogen) atoms. The first-order chi connectivity index (χ1) is 16.9. The van der Waals surface area contributed by atoms with Crippen LogP contribution < -0.4 is 19.5 Å². The Hall–Kier alpha value is -3.89. The minimum atomic E-state index is -3.92. The number of thiazole rings is 1. The second kappa shape index (κ2) is 10.6. The van der Waals surface area contributed by atoms with Crippen molar-refractivity contribution in [2.45, 2.75) is 11.8 Å². The number of para-hydroxylation sites is 1. The zero-order chi connectivity index (χ0) is 24.8. The van der Waals surface area contributed by atoms with Crippen LogP contribution in [0.2, 0.25) is 0 Å². The number of hydrogen-bond acceptors (Lipinski definition) is 7. The van der Waals surface area contributed by atoms with Crippen LogP contribution >= 0.6 is 11.3 Å². The van der Waals surface area contributed by atoms with Crippen LogP contribution in [0.3, 0.4) is 0 Å². The van der Waals surface area contributed by atoms with Gasteiger partial charge in [0, 0.05) is 10.9 Å². The number of rotatable bonds is 9. The van der Waals surface area contributed by atoms with Gasteiger partial charge in [0.25, 0.3) is 15.9 Å². The zero-order valence-electron chi connectivity index (χ0n) is 19.0. The SMILES string of the molecule is CCOc1ccc(-c2csc(NC(=O)c3ccccc3NS(=O)(=O)c3ccc(OC)cc3)n2)cc1. The highest BCUT2D eigenvalue weighted by molar-refractivity contribution is 7.92. The molecule has 1 amide bonds. The molecule has 0 radical (unpaired) electrons. The average molecular weight is 510 g/mol. The molecule has 1 heterocycles. The lowest BCUT2D eigenvalue weighted by Gasteiger charge is -2.12. The summed E-state index contributed by atoms with van der Waals surface area (Å²) < 4.78 is 38.7. The van der Waals surface area contributed by atoms with E-state index in [1.54, 1.807) is 30.3 Å². The maximum absolute atomic E-state index is 13.0. The van der Waals surface area contributed by atoms with Gasteiger partial charge in [0.1, 0.15) is 11.5 Å². The second-order valence-electron chi connectivity index (χ2n) is 7.28. The maximum Gasteiger partial charge on any atom is 0.261 e. The fraction of sp³-hybridized carbons (Fsp3) is 0.120. The van der Waals surface area contributed by atoms with Crippen LogP contribution in [0.15, 0.2) is 83.1 Å². The summed E-state index contributed by atoms with van der Waals surface area (Å²) in [4.78, 5) is 17.5. The number of ether oxygens (including phenoxy) is 2. The predicted octanol–water partition coefficient (Wildman–Crippen LogP) is 5.27. The molecular weight excluding hydrogens is 486 g/mol. The molecule has 0 aliphatic rings. The highest BCUT2D eigenvalue weighted by atomic mass is 32.2. The Morgan fingerprint density at radius 2 is 1.66 bits per heavy atom. The lowest BCUT2D eigenvalue weighted by molar-refractivity contribution is 0.102. The van der Waals surface area contributed by atoms with Crippen molar-refractivity contribution in [2.24, 2.45) is 0 Å². The zero-order valence-corrected chi connectivity index (χ0v) is 20.7. The first-order valence-corrected chi connectivity index (χ1v) is 13.0. The number of benzene rings is 3. The molecule has 8 nitrogen and oxygen atoms in total. The van der Waals surface area contributed by atoms with Gasteiger partial charge in [-0.25, -0.2) is 13.4 Å². The standard InChI is InChI=1S/C25H23N3O5S2/c1-3-33-19-10-8-17(9-11-19)23-16-34-25(26-23)27-24(29)21-6-4-5-7-22(21)28-35(30,31)20-14-12-18(32-2)13-15-20/h4-16,28H,3H2,1-2H3,(H,26,27,29). The first kappa shape index (κ1) is 24.2. The third-order valence-electron chi connectivity index (χ3n) is 4.97. The predicted molar refractivity (Wildman–Crippen MR) is 137 cm³/mol. The highest BCUT2D eigenvalue weighted by Crippen LogP contribution is 2.28. The third-order valence-corrected chi connectivity index (χ3v) is 7.11. The van der Waals surface area contributed by atoms with Crippen LogP contribution in [0, 0.1) is 0 Å². The van der Waals surface area contributed by atoms with E-state index in [9.17, 15) is 13.2 Å². The van der Waals surface area contributed by atoms with Crippen molar-refractivity contribution < 1.29 is 22.7 Å². The van der Waals surface area contributed by atoms with Gasteiger partial charge in [-0.1, -0.05) is 12.1 Å². The van der Waals surface area contributed by atoms with Crippen LogP contribution in [-0.4, -0.2) is 33.0 Å². The lowest BCUT2D eigenvalue weighted by Crippen LogP contribution is -2.18. The molecule has 10 heteroatoms. The van der Waals surface area contributed by atoms with Crippen LogP contribution in [-0.2, 0) is 10.0 Å². The van der Waals surface area contributed by atoms with E-state index in [-0.39, 0.29) is 16.1 Å². The fourth-order valence-electron chi connectivity index (χ4n) is 3.25. The van der Waals surface area contributed by atoms with Crippen LogP contribution in [0.1, 0.15) is 17.3 Å². The van der Waals surface area contributed by atoms with Crippen molar-refractivity contribution in [2.75, 3.05) is 23.8 Å². The normalized spacial score (nSPS) is 11.0. The van der Waals surface area contributed by atoms with Crippen molar-refractivity contribution in [3.63, 3.8) is 0 Å². The number of nitrogens with one attached hydrogen (secondary N) is 2. The number of amides is 1. The highest BCUT2D eigenvalue weighted by Gasteiger charge is 2.19. The molecule has 0 unspecified atom stereocenters. The Bertz CT molecular complexity index is 1420. The molecule has 0 fully saturated rings. The Labute approximate surface area is 207 Å². The molecule has 4 aromatic rings. The van der Waals surface area contributed by atoms with Gasteiger partial charge in [0.15, 0.2) is 5.13 Å². The Morgan fingerprint density at radius 1 is 0.971 bits per heavy atom. The molecule has 4 rings (SSSR count). The monoisotopic (exact) mass is 509 g/mol. The van der Waals surface area contributed by atoms with Gasteiger partial charge in [-0.2, -0.15) is 0 Å². The molecule has 3 aromatic carbocycles. The summed E-state index contributed by atoms with van der Waals surface area (Å²) in [5.74, 6) is 0.830. The van der Waals surface area contributed by atoms with Gasteiger partial charge >= 0.3 is 0 Å². The van der Waals surface area contributed by atoms with E-state index in [0.717, 1.165) is 11.3 Å². The molecule has 2 N–H and O–H groups in total. The number of carbonyl (C=O) groups is 1. The molecular formula is C25H23N3O5S2. The summed E-state index contributed by atoms with van der Waals surface area (Å²) in [6.07, 6.45) is 0. The number of hydrogen-bond donors (Lipinski definition) is 2. The van der Waals surface area contributed by atoms with Gasteiger partial charge < -0.3 is 9.47 Å². The van der Waals surface area contributed by atoms with E-state index in [0.29, 0.717) is 23.2 Å². The first-order valence-electron chi connectivity index (χ1n) is 10.7. The maximum atomic E-state index is 13.0. The minimum Gasteiger partial charge on any atom is -0.497 e. The topological polar surface area (TPSA) is 107 Å². The van der Waals surface area contributed by atoms with Crippen molar-refractivity contribution in [1.82, 2.24) is 4.98 Å². The molecule has 1 aromatic heterocycles. The van der Waals surface area contributed by atoms with Crippen molar-refractivity contribution in [3.8, 4) is 22.8 Å². The Balaban J connectivity index is 1.50. The van der Waals surface area contributed by atoms with Crippen molar-refractivity contribution >= 4 is 38.1 Å². The number of anilines is 2. The Kier molecular flexibility index (Phi) is 7.33. The van der Waals surface area contributed by atoms with E-state index in [1.807, 2.05) is 36.6 Å². The molecule has 0 saturated carbocycles. The largest absolute Gasteiger partial charge is 0.497 e. The summed E-state index contributed by atoms with van der Waals surface area (Å²) in [5, 5.41) is 4.99. The minimum absolute atomic E-state index is 0.0495. The van der Waals surface area contributed by atoms with Gasteiger partial charge in [0.05, 0.1) is 35.6 Å². The summed E-state index contributed by atoms with van der Waals surface area (Å²) in [7, 11) is -2.42. The molecule has 0 aliphatic carbocycles. The quantitative estimate of drug-likeness (QED) is 0.318. The molecule has 0 atom stereocenters. The number of aromatic nitrogens is 1. The number of nitrogens with zero attached hydrogens (tertiary/aromatic N) is 1. The van der Waals surface area contributed by atoms with Crippen molar-refractivity contribution in [1.29, 1.82) is 0 Å². The summed E-state index contributed by atoms with van der Waals surface area (Å²) in [6.45, 7) is 2.51. The second-order valence-corrected chi connectivity index (χ2v) is 9.82. The smallest absolute Gasteiger partial charge is 0.261 e. The van der Waals surface area contributed by atoms with Gasteiger partial charge in [0.2, 0.25) is 0 Å². The number of carbonyl (C=O) groups excluding carboxylic acids is 1. The summed E-state index contributed by atoms with van der Waals surface area (Å²) in [6, 6.07) is 19.9. The number of methoxy groups -OCH3 is 1. The van der Waals surface area contributed by atoms with Gasteiger partial charge in [-0.3, -0.25) is 14.8 Å². The molecule has 180 valence electrons. The van der Waals surface area contributed by atoms with Crippen LogP contribution in [0.25, 0.3) is 11.3 Å². The number of sulfonamides is 1. The summed E-state index contributed by atoms with van der Waals surface area (Å²) >= 11 is 1.28. The van der Waals surface area contributed by atoms with E-state index >= 15 is 0 Å². The molecule has 0 bridgehead atoms. The van der Waals surface area contributed by atoms with Crippen LogP contribution in [0.5, 0.6) is 11.5 Å². The third kappa shape index (κ3) is 5.79. The van der Waals surface area contributed by atoms with Crippen molar-refractivity contribution in [3.05, 3.63) is 83.7 Å². The lowest BCUT2D eigenvalue weighted by atomic mass is 10.1. The summed E-state index contributed by atoms with van der Waals surface area (Å²) in [5.41, 5.74) is 1.92. The van der Waals surface area contributed by atoms with E-state index in [1.165, 1.54) is 36.6 Å².